The summed E-state index contributed by atoms with van der Waals surface area (Å²) in [5.41, 5.74) is 1.85. The van der Waals surface area contributed by atoms with E-state index in [1.165, 1.54) is 0 Å². The Balaban J connectivity index is 1.97. The Morgan fingerprint density at radius 3 is 2.61 bits per heavy atom. The summed E-state index contributed by atoms with van der Waals surface area (Å²) in [7, 11) is 0. The number of anilines is 1. The minimum absolute atomic E-state index is 0.775. The second-order valence-corrected chi connectivity index (χ2v) is 4.53. The van der Waals surface area contributed by atoms with Crippen molar-refractivity contribution in [3.05, 3.63) is 42.5 Å². The molecule has 1 aromatic carbocycles. The fourth-order valence-corrected chi connectivity index (χ4v) is 2.33. The van der Waals surface area contributed by atoms with E-state index >= 15 is 0 Å². The normalized spacial score (nSPS) is 16.3. The van der Waals surface area contributed by atoms with Crippen molar-refractivity contribution in [3.63, 3.8) is 0 Å². The summed E-state index contributed by atoms with van der Waals surface area (Å²) in [5, 5.41) is 9.12. The first-order valence-corrected chi connectivity index (χ1v) is 6.42. The Morgan fingerprint density at radius 1 is 1.22 bits per heavy atom. The van der Waals surface area contributed by atoms with E-state index in [1.807, 2.05) is 30.3 Å². The minimum atomic E-state index is 0.775. The maximum absolute atomic E-state index is 9.12. The first-order valence-electron chi connectivity index (χ1n) is 6.42. The third kappa shape index (κ3) is 2.91. The van der Waals surface area contributed by atoms with E-state index in [9.17, 15) is 0 Å². The average molecular weight is 241 g/mol. The molecule has 0 aliphatic carbocycles. The highest BCUT2D eigenvalue weighted by atomic mass is 15.3. The van der Waals surface area contributed by atoms with Crippen LogP contribution in [0.1, 0.15) is 12.0 Å². The summed E-state index contributed by atoms with van der Waals surface area (Å²) in [4.78, 5) is 4.76. The molecule has 0 unspecified atom stereocenters. The van der Waals surface area contributed by atoms with Gasteiger partial charge in [0.15, 0.2) is 0 Å². The van der Waals surface area contributed by atoms with Gasteiger partial charge in [-0.05, 0) is 18.6 Å². The SMILES string of the molecule is C=CCCN1CCN(c2ccccc2C#N)CC1. The number of piperazine rings is 1. The van der Waals surface area contributed by atoms with Crippen LogP contribution in [0.15, 0.2) is 36.9 Å². The molecule has 1 aliphatic rings. The number of hydrogen-bond acceptors (Lipinski definition) is 3. The van der Waals surface area contributed by atoms with Crippen molar-refractivity contribution >= 4 is 5.69 Å². The van der Waals surface area contributed by atoms with Gasteiger partial charge in [0, 0.05) is 32.7 Å². The van der Waals surface area contributed by atoms with Crippen LogP contribution < -0.4 is 4.90 Å². The summed E-state index contributed by atoms with van der Waals surface area (Å²) in [6.45, 7) is 8.97. The van der Waals surface area contributed by atoms with Crippen LogP contribution >= 0.6 is 0 Å². The Labute approximate surface area is 109 Å². The van der Waals surface area contributed by atoms with Gasteiger partial charge in [-0.1, -0.05) is 18.2 Å². The number of nitrogens with zero attached hydrogens (tertiary/aromatic N) is 3. The molecule has 0 atom stereocenters. The van der Waals surface area contributed by atoms with Gasteiger partial charge in [0.25, 0.3) is 0 Å². The van der Waals surface area contributed by atoms with Crippen LogP contribution in [0.2, 0.25) is 0 Å². The topological polar surface area (TPSA) is 30.3 Å². The van der Waals surface area contributed by atoms with Crippen molar-refractivity contribution < 1.29 is 0 Å². The molecule has 1 fully saturated rings. The molecule has 3 heteroatoms. The third-order valence-electron chi connectivity index (χ3n) is 3.39. The van der Waals surface area contributed by atoms with E-state index < -0.39 is 0 Å². The van der Waals surface area contributed by atoms with Crippen molar-refractivity contribution in [2.45, 2.75) is 6.42 Å². The van der Waals surface area contributed by atoms with Gasteiger partial charge in [-0.3, -0.25) is 4.90 Å². The fraction of sp³-hybridized carbons (Fsp3) is 0.400. The average Bonchev–Trinajstić information content (AvgIpc) is 2.45. The Morgan fingerprint density at radius 2 is 1.94 bits per heavy atom. The van der Waals surface area contributed by atoms with Crippen LogP contribution in [0.5, 0.6) is 0 Å². The van der Waals surface area contributed by atoms with Crippen LogP contribution in [0.25, 0.3) is 0 Å². The van der Waals surface area contributed by atoms with E-state index in [1.54, 1.807) is 0 Å². The molecule has 1 heterocycles. The maximum Gasteiger partial charge on any atom is 0.101 e. The first-order chi connectivity index (χ1) is 8.85. The first kappa shape index (κ1) is 12.7. The zero-order chi connectivity index (χ0) is 12.8. The lowest BCUT2D eigenvalue weighted by Gasteiger charge is -2.36. The summed E-state index contributed by atoms with van der Waals surface area (Å²) in [5.74, 6) is 0. The lowest BCUT2D eigenvalue weighted by atomic mass is 10.1. The van der Waals surface area contributed by atoms with Crippen LogP contribution in [-0.4, -0.2) is 37.6 Å². The predicted octanol–water partition coefficient (Wildman–Crippen LogP) is 2.26. The van der Waals surface area contributed by atoms with Gasteiger partial charge >= 0.3 is 0 Å². The molecule has 2 rings (SSSR count). The molecule has 0 bridgehead atoms. The number of para-hydroxylation sites is 1. The van der Waals surface area contributed by atoms with Crippen molar-refractivity contribution in [2.75, 3.05) is 37.6 Å². The van der Waals surface area contributed by atoms with Crippen molar-refractivity contribution in [3.8, 4) is 6.07 Å². The maximum atomic E-state index is 9.12. The van der Waals surface area contributed by atoms with E-state index in [4.69, 9.17) is 5.26 Å². The highest BCUT2D eigenvalue weighted by Crippen LogP contribution is 2.20. The van der Waals surface area contributed by atoms with E-state index in [-0.39, 0.29) is 0 Å². The summed E-state index contributed by atoms with van der Waals surface area (Å²) < 4.78 is 0. The summed E-state index contributed by atoms with van der Waals surface area (Å²) in [6.07, 6.45) is 3.02. The van der Waals surface area contributed by atoms with E-state index in [2.05, 4.69) is 22.4 Å². The van der Waals surface area contributed by atoms with Gasteiger partial charge in [-0.2, -0.15) is 5.26 Å². The molecule has 0 radical (unpaired) electrons. The van der Waals surface area contributed by atoms with Gasteiger partial charge < -0.3 is 4.90 Å². The van der Waals surface area contributed by atoms with E-state index in [0.29, 0.717) is 0 Å². The zero-order valence-electron chi connectivity index (χ0n) is 10.7. The molecule has 0 aromatic heterocycles. The number of hydrogen-bond donors (Lipinski definition) is 0. The molecule has 0 amide bonds. The molecule has 0 spiro atoms. The molecule has 3 nitrogen and oxygen atoms in total. The molecular formula is C15H19N3. The van der Waals surface area contributed by atoms with Crippen molar-refractivity contribution in [1.29, 1.82) is 5.26 Å². The monoisotopic (exact) mass is 241 g/mol. The molecule has 94 valence electrons. The minimum Gasteiger partial charge on any atom is -0.368 e. The van der Waals surface area contributed by atoms with E-state index in [0.717, 1.165) is 50.4 Å². The van der Waals surface area contributed by atoms with Crippen molar-refractivity contribution in [2.24, 2.45) is 0 Å². The third-order valence-corrected chi connectivity index (χ3v) is 3.39. The Kier molecular flexibility index (Phi) is 4.38. The standard InChI is InChI=1S/C15H19N3/c1-2-3-8-17-9-11-18(12-10-17)15-7-5-4-6-14(15)13-16/h2,4-7H,1,3,8-12H2. The molecule has 18 heavy (non-hydrogen) atoms. The highest BCUT2D eigenvalue weighted by molar-refractivity contribution is 5.59. The van der Waals surface area contributed by atoms with Gasteiger partial charge in [0.1, 0.15) is 6.07 Å². The van der Waals surface area contributed by atoms with Crippen LogP contribution in [0.3, 0.4) is 0 Å². The van der Waals surface area contributed by atoms with Crippen LogP contribution in [0.4, 0.5) is 5.69 Å². The quantitative estimate of drug-likeness (QED) is 0.757. The lowest BCUT2D eigenvalue weighted by molar-refractivity contribution is 0.262. The van der Waals surface area contributed by atoms with Gasteiger partial charge in [0.2, 0.25) is 0 Å². The number of benzene rings is 1. The highest BCUT2D eigenvalue weighted by Gasteiger charge is 2.18. The molecule has 1 saturated heterocycles. The Bertz CT molecular complexity index is 439. The largest absolute Gasteiger partial charge is 0.368 e. The molecular weight excluding hydrogens is 222 g/mol. The second-order valence-electron chi connectivity index (χ2n) is 4.53. The summed E-state index contributed by atoms with van der Waals surface area (Å²) >= 11 is 0. The number of nitriles is 1. The zero-order valence-corrected chi connectivity index (χ0v) is 10.7. The predicted molar refractivity (Wildman–Crippen MR) is 74.6 cm³/mol. The molecule has 1 aliphatic heterocycles. The fourth-order valence-electron chi connectivity index (χ4n) is 2.33. The number of rotatable bonds is 4. The second kappa shape index (κ2) is 6.23. The van der Waals surface area contributed by atoms with Gasteiger partial charge in [-0.25, -0.2) is 0 Å². The van der Waals surface area contributed by atoms with Crippen LogP contribution in [-0.2, 0) is 0 Å². The summed E-state index contributed by atoms with van der Waals surface area (Å²) in [6, 6.07) is 10.1. The van der Waals surface area contributed by atoms with Crippen LogP contribution in [0, 0.1) is 11.3 Å². The lowest BCUT2D eigenvalue weighted by Crippen LogP contribution is -2.46. The molecule has 0 saturated carbocycles. The Hall–Kier alpha value is -1.79. The van der Waals surface area contributed by atoms with Crippen molar-refractivity contribution in [1.82, 2.24) is 4.90 Å². The smallest absolute Gasteiger partial charge is 0.101 e. The molecule has 0 N–H and O–H groups in total. The van der Waals surface area contributed by atoms with Gasteiger partial charge in [0.05, 0.1) is 11.3 Å². The van der Waals surface area contributed by atoms with Gasteiger partial charge in [-0.15, -0.1) is 6.58 Å². The molecule has 1 aromatic rings.